The number of rotatable bonds is 8. The van der Waals surface area contributed by atoms with Gasteiger partial charge in [-0.3, -0.25) is 9.10 Å². The number of halogens is 3. The molecular weight excluding hydrogens is 481 g/mol. The van der Waals surface area contributed by atoms with Crippen molar-refractivity contribution in [2.75, 3.05) is 18.0 Å². The maximum absolute atomic E-state index is 13.6. The minimum absolute atomic E-state index is 0.0164. The van der Waals surface area contributed by atoms with Crippen molar-refractivity contribution < 1.29 is 31.1 Å². The van der Waals surface area contributed by atoms with Crippen LogP contribution in [0.1, 0.15) is 22.3 Å². The highest BCUT2D eigenvalue weighted by Gasteiger charge is 2.31. The second-order valence-corrected chi connectivity index (χ2v) is 9.84. The van der Waals surface area contributed by atoms with E-state index < -0.39 is 34.2 Å². The Hall–Kier alpha value is -3.53. The summed E-state index contributed by atoms with van der Waals surface area (Å²) in [7, 11) is -2.79. The predicted octanol–water partition coefficient (Wildman–Crippen LogP) is 4.84. The van der Waals surface area contributed by atoms with Gasteiger partial charge in [-0.25, -0.2) is 8.42 Å². The van der Waals surface area contributed by atoms with Gasteiger partial charge in [0.2, 0.25) is 5.91 Å². The predicted molar refractivity (Wildman–Crippen MR) is 127 cm³/mol. The summed E-state index contributed by atoms with van der Waals surface area (Å²) in [4.78, 5) is 12.8. The quantitative estimate of drug-likeness (QED) is 0.474. The van der Waals surface area contributed by atoms with Gasteiger partial charge in [-0.1, -0.05) is 35.9 Å². The van der Waals surface area contributed by atoms with Gasteiger partial charge in [0.05, 0.1) is 23.3 Å². The Morgan fingerprint density at radius 3 is 2.26 bits per heavy atom. The lowest BCUT2D eigenvalue weighted by molar-refractivity contribution is -0.137. The van der Waals surface area contributed by atoms with Gasteiger partial charge in [-0.2, -0.15) is 13.2 Å². The summed E-state index contributed by atoms with van der Waals surface area (Å²) in [6.07, 6.45) is -4.51. The van der Waals surface area contributed by atoms with E-state index in [1.807, 2.05) is 6.92 Å². The number of alkyl halides is 3. The molecule has 0 saturated carbocycles. The number of anilines is 1. The highest BCUT2D eigenvalue weighted by Crippen LogP contribution is 2.33. The van der Waals surface area contributed by atoms with Crippen LogP contribution in [0.5, 0.6) is 5.75 Å². The van der Waals surface area contributed by atoms with Crippen molar-refractivity contribution >= 4 is 21.6 Å². The monoisotopic (exact) mass is 506 g/mol. The number of benzene rings is 3. The first-order chi connectivity index (χ1) is 16.4. The first-order valence-electron chi connectivity index (χ1n) is 10.6. The highest BCUT2D eigenvalue weighted by atomic mass is 32.2. The molecule has 35 heavy (non-hydrogen) atoms. The lowest BCUT2D eigenvalue weighted by Gasteiger charge is -2.26. The molecule has 6 nitrogen and oxygen atoms in total. The Morgan fingerprint density at radius 2 is 1.63 bits per heavy atom. The SMILES string of the molecule is COc1ccc(C)cc1N(CC(=O)NCc1cccc(C(F)(F)F)c1)S(=O)(=O)c1ccc(C)cc1. The van der Waals surface area contributed by atoms with Crippen LogP contribution in [-0.4, -0.2) is 28.0 Å². The molecule has 0 aliphatic heterocycles. The molecule has 0 spiro atoms. The summed E-state index contributed by atoms with van der Waals surface area (Å²) >= 11 is 0. The number of methoxy groups -OCH3 is 1. The number of hydrogen-bond donors (Lipinski definition) is 1. The van der Waals surface area contributed by atoms with E-state index in [4.69, 9.17) is 4.74 Å². The molecule has 0 fully saturated rings. The molecule has 3 aromatic carbocycles. The number of carbonyl (C=O) groups excluding carboxylic acids is 1. The van der Waals surface area contributed by atoms with E-state index in [0.29, 0.717) is 0 Å². The topological polar surface area (TPSA) is 75.7 Å². The Labute approximate surface area is 202 Å². The Bertz CT molecular complexity index is 1310. The average Bonchev–Trinajstić information content (AvgIpc) is 2.81. The molecule has 0 bridgehead atoms. The second-order valence-electron chi connectivity index (χ2n) is 7.97. The number of sulfonamides is 1. The molecule has 3 aromatic rings. The number of nitrogens with zero attached hydrogens (tertiary/aromatic N) is 1. The number of ether oxygens (including phenoxy) is 1. The molecule has 1 amide bonds. The molecule has 0 unspecified atom stereocenters. The Morgan fingerprint density at radius 1 is 0.971 bits per heavy atom. The summed E-state index contributed by atoms with van der Waals surface area (Å²) in [6, 6.07) is 15.7. The Kier molecular flexibility index (Phi) is 7.74. The number of carbonyl (C=O) groups is 1. The zero-order valence-electron chi connectivity index (χ0n) is 19.4. The fourth-order valence-corrected chi connectivity index (χ4v) is 4.80. The Balaban J connectivity index is 1.91. The molecule has 0 heterocycles. The molecule has 0 saturated heterocycles. The first kappa shape index (κ1) is 26.1. The van der Waals surface area contributed by atoms with E-state index in [1.54, 1.807) is 37.3 Å². The van der Waals surface area contributed by atoms with Crippen LogP contribution in [0, 0.1) is 13.8 Å². The van der Waals surface area contributed by atoms with Gasteiger partial charge in [-0.05, 0) is 61.4 Å². The summed E-state index contributed by atoms with van der Waals surface area (Å²) < 4.78 is 72.3. The zero-order valence-corrected chi connectivity index (χ0v) is 20.2. The van der Waals surface area contributed by atoms with E-state index in [1.165, 1.54) is 31.4 Å². The second kappa shape index (κ2) is 10.4. The zero-order chi connectivity index (χ0) is 25.8. The molecule has 0 atom stereocenters. The summed E-state index contributed by atoms with van der Waals surface area (Å²) in [5, 5.41) is 2.51. The maximum atomic E-state index is 13.6. The average molecular weight is 507 g/mol. The van der Waals surface area contributed by atoms with Crippen LogP contribution in [0.15, 0.2) is 71.6 Å². The lowest BCUT2D eigenvalue weighted by atomic mass is 10.1. The molecule has 0 radical (unpaired) electrons. The van der Waals surface area contributed by atoms with Crippen LogP contribution >= 0.6 is 0 Å². The summed E-state index contributed by atoms with van der Waals surface area (Å²) in [5.74, 6) is -0.446. The number of hydrogen-bond acceptors (Lipinski definition) is 4. The van der Waals surface area contributed by atoms with E-state index in [0.717, 1.165) is 27.6 Å². The third kappa shape index (κ3) is 6.33. The van der Waals surface area contributed by atoms with Crippen molar-refractivity contribution in [2.45, 2.75) is 31.5 Å². The molecular formula is C25H25F3N2O4S. The van der Waals surface area contributed by atoms with E-state index in [9.17, 15) is 26.4 Å². The highest BCUT2D eigenvalue weighted by molar-refractivity contribution is 7.92. The smallest absolute Gasteiger partial charge is 0.416 e. The lowest BCUT2D eigenvalue weighted by Crippen LogP contribution is -2.41. The van der Waals surface area contributed by atoms with Crippen LogP contribution in [0.2, 0.25) is 0 Å². The molecule has 3 rings (SSSR count). The third-order valence-electron chi connectivity index (χ3n) is 5.24. The minimum atomic E-state index is -4.51. The molecule has 0 aliphatic carbocycles. The van der Waals surface area contributed by atoms with E-state index in [2.05, 4.69) is 5.32 Å². The summed E-state index contributed by atoms with van der Waals surface area (Å²) in [6.45, 7) is 2.79. The number of nitrogens with one attached hydrogen (secondary N) is 1. The normalized spacial score (nSPS) is 11.7. The van der Waals surface area contributed by atoms with Gasteiger partial charge < -0.3 is 10.1 Å². The van der Waals surface area contributed by atoms with Gasteiger partial charge in [0.15, 0.2) is 0 Å². The van der Waals surface area contributed by atoms with Gasteiger partial charge in [-0.15, -0.1) is 0 Å². The van der Waals surface area contributed by atoms with Gasteiger partial charge in [0.1, 0.15) is 12.3 Å². The van der Waals surface area contributed by atoms with Crippen molar-refractivity contribution in [3.05, 3.63) is 89.0 Å². The van der Waals surface area contributed by atoms with Gasteiger partial charge in [0, 0.05) is 6.54 Å². The summed E-state index contributed by atoms with van der Waals surface area (Å²) in [5.41, 5.74) is 1.17. The number of aryl methyl sites for hydroxylation is 2. The minimum Gasteiger partial charge on any atom is -0.495 e. The van der Waals surface area contributed by atoms with Crippen LogP contribution in [0.4, 0.5) is 18.9 Å². The number of amides is 1. The van der Waals surface area contributed by atoms with Gasteiger partial charge in [0.25, 0.3) is 10.0 Å². The van der Waals surface area contributed by atoms with Crippen LogP contribution in [0.3, 0.4) is 0 Å². The molecule has 10 heteroatoms. The van der Waals surface area contributed by atoms with E-state index in [-0.39, 0.29) is 28.4 Å². The molecule has 186 valence electrons. The fraction of sp³-hybridized carbons (Fsp3) is 0.240. The van der Waals surface area contributed by atoms with E-state index >= 15 is 0 Å². The molecule has 0 aliphatic rings. The third-order valence-corrected chi connectivity index (χ3v) is 7.02. The first-order valence-corrected chi connectivity index (χ1v) is 12.0. The van der Waals surface area contributed by atoms with Crippen molar-refractivity contribution in [1.29, 1.82) is 0 Å². The van der Waals surface area contributed by atoms with Crippen molar-refractivity contribution in [1.82, 2.24) is 5.32 Å². The van der Waals surface area contributed by atoms with Crippen LogP contribution in [0.25, 0.3) is 0 Å². The van der Waals surface area contributed by atoms with Crippen molar-refractivity contribution in [3.63, 3.8) is 0 Å². The molecule has 0 aromatic heterocycles. The molecule has 1 N–H and O–H groups in total. The van der Waals surface area contributed by atoms with Crippen LogP contribution < -0.4 is 14.4 Å². The van der Waals surface area contributed by atoms with Crippen LogP contribution in [-0.2, 0) is 27.5 Å². The van der Waals surface area contributed by atoms with Crippen molar-refractivity contribution in [2.24, 2.45) is 0 Å². The standard InChI is InChI=1S/C25H25F3N2O4S/c1-17-7-10-21(11-8-17)35(32,33)30(22-13-18(2)9-12-23(22)34-3)16-24(31)29-15-19-5-4-6-20(14-19)25(26,27)28/h4-14H,15-16H2,1-3H3,(H,29,31). The van der Waals surface area contributed by atoms with Gasteiger partial charge >= 0.3 is 6.18 Å². The van der Waals surface area contributed by atoms with Crippen molar-refractivity contribution in [3.8, 4) is 5.75 Å². The maximum Gasteiger partial charge on any atom is 0.416 e. The largest absolute Gasteiger partial charge is 0.495 e. The fourth-order valence-electron chi connectivity index (χ4n) is 3.38.